The number of rotatable bonds is 28. The Balaban J connectivity index is 0.681. The molecule has 7 heterocycles. The summed E-state index contributed by atoms with van der Waals surface area (Å²) >= 11 is -0.833. The van der Waals surface area contributed by atoms with Crippen molar-refractivity contribution in [2.45, 2.75) is 120 Å². The van der Waals surface area contributed by atoms with E-state index in [4.69, 9.17) is 25.2 Å². The highest BCUT2D eigenvalue weighted by molar-refractivity contribution is 14.2. The number of esters is 1. The Hall–Kier alpha value is -7.89. The minimum Gasteiger partial charge on any atom is -0.468 e. The molecular weight excluding hydrogens is 1300 g/mol. The number of alkyl halides is 1. The summed E-state index contributed by atoms with van der Waals surface area (Å²) in [5.74, 6) is -2.18. The Labute approximate surface area is 537 Å². The van der Waals surface area contributed by atoms with Gasteiger partial charge in [0.05, 0.1) is 65.1 Å². The molecule has 24 nitrogen and oxygen atoms in total. The molecule has 5 aromatic heterocycles. The van der Waals surface area contributed by atoms with Gasteiger partial charge in [-0.1, -0.05) is 39.9 Å². The van der Waals surface area contributed by atoms with Crippen molar-refractivity contribution in [3.63, 3.8) is 0 Å². The van der Waals surface area contributed by atoms with Crippen LogP contribution < -0.4 is 37.9 Å². The van der Waals surface area contributed by atoms with Crippen LogP contribution in [0.2, 0.25) is 0 Å². The van der Waals surface area contributed by atoms with E-state index in [0.29, 0.717) is 104 Å². The number of ether oxygens (including phenoxy) is 2. The number of nitrogens with two attached hydrogens (primary N) is 1. The third-order valence-electron chi connectivity index (χ3n) is 16.3. The number of ketones is 2. The number of nitrogens with zero attached hydrogens (tertiary/aromatic N) is 5. The zero-order chi connectivity index (χ0) is 64.3. The van der Waals surface area contributed by atoms with Gasteiger partial charge in [0, 0.05) is 125 Å². The van der Waals surface area contributed by atoms with Gasteiger partial charge in [0.1, 0.15) is 5.92 Å². The number of carbonyl (C=O) groups is 7. The summed E-state index contributed by atoms with van der Waals surface area (Å²) in [4.78, 5) is 138. The van der Waals surface area contributed by atoms with Crippen LogP contribution in [0.15, 0.2) is 53.5 Å². The van der Waals surface area contributed by atoms with E-state index in [9.17, 15) is 38.4 Å². The molecule has 4 amide bonds. The second kappa shape index (κ2) is 30.3. The molecule has 1 unspecified atom stereocenters. The molecule has 3 aliphatic rings. The first-order valence-corrected chi connectivity index (χ1v) is 35.1. The quantitative estimate of drug-likeness (QED) is 0.00429. The maximum Gasteiger partial charge on any atom is 0.321 e. The lowest BCUT2D eigenvalue weighted by Gasteiger charge is -2.19. The number of nitrogens with one attached hydrogen (secondary N) is 8. The summed E-state index contributed by atoms with van der Waals surface area (Å²) in [7, 11) is 4.43. The summed E-state index contributed by atoms with van der Waals surface area (Å²) < 4.78 is 15.1. The van der Waals surface area contributed by atoms with E-state index >= 15 is 0 Å². The number of fused-ring (bicyclic) bond motifs is 9. The number of aromatic amines is 3. The molecular formula is C63H75IN14O10S2. The lowest BCUT2D eigenvalue weighted by atomic mass is 9.89. The van der Waals surface area contributed by atoms with Crippen LogP contribution in [-0.2, 0) is 35.2 Å². The van der Waals surface area contributed by atoms with Crippen molar-refractivity contribution in [2.24, 2.45) is 0 Å². The van der Waals surface area contributed by atoms with Crippen molar-refractivity contribution in [1.82, 2.24) is 61.1 Å². The molecule has 27 heteroatoms. The predicted octanol–water partition coefficient (Wildman–Crippen LogP) is 7.85. The first kappa shape index (κ1) is 66.5. The second-order valence-electron chi connectivity index (χ2n) is 22.4. The molecule has 6 aromatic rings. The highest BCUT2D eigenvalue weighted by atomic mass is 127. The Morgan fingerprint density at radius 2 is 1.48 bits per heavy atom. The fraction of sp³-hybridized carbons (Fsp3) is 0.429. The predicted molar refractivity (Wildman–Crippen MR) is 359 cm³/mol. The lowest BCUT2D eigenvalue weighted by molar-refractivity contribution is -0.141. The Morgan fingerprint density at radius 3 is 2.18 bits per heavy atom. The van der Waals surface area contributed by atoms with Crippen molar-refractivity contribution in [2.75, 3.05) is 62.5 Å². The van der Waals surface area contributed by atoms with E-state index in [1.807, 2.05) is 39.0 Å². The van der Waals surface area contributed by atoms with Gasteiger partial charge in [-0.05, 0) is 101 Å². The SMILES string of the molecule is C=I[C@@H]1c2cc3[nH]c(cc4nc(cc5[nH]c6c(c5C)C(=O)C(C(=O)OC)c6c(n2)[C@H]1CCC(=O)NCCSSCCNC(=O)CCOCCNC(=O)CC[C@@H](C)NC(=O)c1ccc(NCc2cnc5nc(N)[nH]c(=O)c5n2)cc1)[C@H](CC)[C@H]4C)c(C(C)=O)c3C. The van der Waals surface area contributed by atoms with Crippen molar-refractivity contribution in [3.8, 4) is 0 Å². The van der Waals surface area contributed by atoms with E-state index in [1.165, 1.54) is 13.3 Å². The molecule has 1 aliphatic carbocycles. The van der Waals surface area contributed by atoms with Crippen LogP contribution in [0, 0.1) is 13.8 Å². The molecule has 0 saturated heterocycles. The number of Topliss-reactive ketones (excluding diaryl/α,β-unsaturated/α-hetero) is 2. The zero-order valence-corrected chi connectivity index (χ0v) is 55.1. The van der Waals surface area contributed by atoms with Gasteiger partial charge in [-0.15, -0.1) is 20.7 Å². The van der Waals surface area contributed by atoms with Crippen molar-refractivity contribution in [1.29, 1.82) is 0 Å². The van der Waals surface area contributed by atoms with Gasteiger partial charge < -0.3 is 51.8 Å². The number of amides is 4. The molecule has 476 valence electrons. The zero-order valence-electron chi connectivity index (χ0n) is 51.3. The average molecular weight is 1380 g/mol. The number of H-pyrrole nitrogens is 3. The van der Waals surface area contributed by atoms with Crippen LogP contribution in [0.5, 0.6) is 0 Å². The summed E-state index contributed by atoms with van der Waals surface area (Å²) in [5.41, 5.74) is 15.5. The first-order valence-electron chi connectivity index (χ1n) is 29.8. The number of carbonyl (C=O) groups excluding carboxylic acids is 7. The number of aryl methyl sites for hydroxylation is 2. The van der Waals surface area contributed by atoms with Crippen LogP contribution in [0.3, 0.4) is 0 Å². The minimum atomic E-state index is -1.26. The molecule has 0 radical (unpaired) electrons. The number of anilines is 2. The Morgan fingerprint density at radius 1 is 0.800 bits per heavy atom. The second-order valence-corrected chi connectivity index (χ2v) is 27.3. The molecule has 0 fully saturated rings. The van der Waals surface area contributed by atoms with Gasteiger partial charge in [-0.2, -0.15) is 4.98 Å². The first-order chi connectivity index (χ1) is 43.3. The largest absolute Gasteiger partial charge is 0.468 e. The van der Waals surface area contributed by atoms with Crippen LogP contribution in [0.4, 0.5) is 11.6 Å². The van der Waals surface area contributed by atoms with E-state index < -0.39 is 38.2 Å². The molecule has 1 aromatic carbocycles. The van der Waals surface area contributed by atoms with E-state index in [1.54, 1.807) is 52.8 Å². The minimum absolute atomic E-state index is 0.0397. The smallest absolute Gasteiger partial charge is 0.321 e. The van der Waals surface area contributed by atoms with Gasteiger partial charge in [0.25, 0.3) is 11.5 Å². The number of methoxy groups -OCH3 is 1. The van der Waals surface area contributed by atoms with Crippen LogP contribution in [0.1, 0.15) is 170 Å². The topological polar surface area (TPSA) is 353 Å². The fourth-order valence-electron chi connectivity index (χ4n) is 11.6. The van der Waals surface area contributed by atoms with Crippen molar-refractivity contribution in [3.05, 3.63) is 121 Å². The molecule has 10 N–H and O–H groups in total. The monoisotopic (exact) mass is 1380 g/mol. The molecule has 0 saturated carbocycles. The Kier molecular flexibility index (Phi) is 22.4. The van der Waals surface area contributed by atoms with Crippen LogP contribution in [0.25, 0.3) is 33.2 Å². The number of nitrogen functional groups attached to an aromatic ring is 1. The molecule has 6 atom stereocenters. The third-order valence-corrected chi connectivity index (χ3v) is 21.1. The molecule has 9 rings (SSSR count). The molecule has 90 heavy (non-hydrogen) atoms. The summed E-state index contributed by atoms with van der Waals surface area (Å²) in [6.07, 6.45) is 3.62. The Bertz CT molecular complexity index is 4000. The molecule has 8 bridgehead atoms. The maximum absolute atomic E-state index is 14.5. The lowest BCUT2D eigenvalue weighted by Crippen LogP contribution is -2.34. The molecule has 2 aliphatic heterocycles. The highest BCUT2D eigenvalue weighted by Gasteiger charge is 2.46. The third kappa shape index (κ3) is 15.5. The van der Waals surface area contributed by atoms with E-state index in [-0.39, 0.29) is 126 Å². The van der Waals surface area contributed by atoms with Gasteiger partial charge in [0.15, 0.2) is 22.7 Å². The van der Waals surface area contributed by atoms with Gasteiger partial charge >= 0.3 is 5.97 Å². The maximum atomic E-state index is 14.5. The normalized spacial score (nSPS) is 17.0. The summed E-state index contributed by atoms with van der Waals surface area (Å²) in [6, 6.07) is 12.5. The van der Waals surface area contributed by atoms with E-state index in [2.05, 4.69) is 74.8 Å². The molecule has 0 spiro atoms. The highest BCUT2D eigenvalue weighted by Crippen LogP contribution is 2.52. The van der Waals surface area contributed by atoms with Gasteiger partial charge in [-0.25, -0.2) is 9.97 Å². The average Bonchev–Trinajstić information content (AvgIpc) is 1.56. The standard InChI is InChI=1S/C63H75IN14O10S2/c1-9-39-32(3)41-27-45-50(35(6)79)33(4)42(74-45)28-46-54(64-7)40(55(76-46)52-53(62(86)87-8)58(83)51-34(5)43(75-56(51)52)26-44(39)73-41)15-17-48(81)67-20-24-89-90-25-21-68-49(82)18-22-88-23-19-66-47(80)16-10-31(2)71-60(84)36-11-13-37(14-12-36)69-29-38-30-70-59-57(72-38)61(85)78-63(65)77-59/h11-14,26-28,30-32,39-40,53-54,69,74-75H,7,9-10,15-25,29H2,1-6,8H3,(H,66,80)(H,67,81)(H,68,82)(H,71,84)(H3,65,70,77,78,85)/t31-,32-,39-,40+,53?,54+/m1/s1. The number of hydrogen-bond acceptors (Lipinski definition) is 19. The number of halogens is 1. The van der Waals surface area contributed by atoms with E-state index in [0.717, 1.165) is 29.1 Å². The summed E-state index contributed by atoms with van der Waals surface area (Å²) in [5, 5.41) is 14.8. The van der Waals surface area contributed by atoms with Crippen molar-refractivity contribution >= 4 is 133 Å². The number of benzene rings is 1. The summed E-state index contributed by atoms with van der Waals surface area (Å²) in [6.45, 7) is 13.3. The van der Waals surface area contributed by atoms with Crippen molar-refractivity contribution < 1.29 is 43.0 Å². The number of hydrogen-bond donors (Lipinski definition) is 9. The number of aromatic nitrogens is 8. The van der Waals surface area contributed by atoms with Crippen LogP contribution >= 0.6 is 42.3 Å². The van der Waals surface area contributed by atoms with Gasteiger partial charge in [0.2, 0.25) is 23.7 Å². The fourth-order valence-corrected chi connectivity index (χ4v) is 15.5. The van der Waals surface area contributed by atoms with Crippen LogP contribution in [-0.4, -0.2) is 143 Å². The van der Waals surface area contributed by atoms with Gasteiger partial charge in [-0.3, -0.25) is 53.3 Å².